The Morgan fingerprint density at radius 1 is 1.38 bits per heavy atom. The molecular weight excluding hydrogens is 170 g/mol. The third kappa shape index (κ3) is 10.4. The summed E-state index contributed by atoms with van der Waals surface area (Å²) >= 11 is 0. The van der Waals surface area contributed by atoms with Crippen molar-refractivity contribution in [1.29, 1.82) is 0 Å². The van der Waals surface area contributed by atoms with Crippen LogP contribution in [0.25, 0.3) is 0 Å². The van der Waals surface area contributed by atoms with Gasteiger partial charge in [-0.05, 0) is 13.1 Å². The van der Waals surface area contributed by atoms with Crippen LogP contribution >= 0.6 is 0 Å². The molecule has 4 heteroatoms. The van der Waals surface area contributed by atoms with Crippen LogP contribution in [0.5, 0.6) is 0 Å². The predicted molar refractivity (Wildman–Crippen MR) is 51.1 cm³/mol. The first kappa shape index (κ1) is 14.0. The van der Waals surface area contributed by atoms with Gasteiger partial charge in [0.25, 0.3) is 0 Å². The van der Waals surface area contributed by atoms with Crippen molar-refractivity contribution in [3.05, 3.63) is 24.9 Å². The first-order valence-electron chi connectivity index (χ1n) is 3.57. The molecule has 0 aliphatic rings. The van der Waals surface area contributed by atoms with Crippen molar-refractivity contribution in [1.82, 2.24) is 4.90 Å². The van der Waals surface area contributed by atoms with Gasteiger partial charge in [0, 0.05) is 19.5 Å². The van der Waals surface area contributed by atoms with Crippen LogP contribution in [0.2, 0.25) is 0 Å². The molecular formula is C9H15NO3. The standard InChI is InChI=1S/C5H9NO.C4H6O2/c1-4-6(3)5(2)7;1-3(2)4(5)6/h4H,1H2,2-3H3;1H2,2H3,(H,5,6). The van der Waals surface area contributed by atoms with E-state index in [0.29, 0.717) is 0 Å². The topological polar surface area (TPSA) is 57.6 Å². The first-order chi connectivity index (χ1) is 5.82. The zero-order valence-electron chi connectivity index (χ0n) is 8.20. The quantitative estimate of drug-likeness (QED) is 0.659. The molecule has 0 aromatic heterocycles. The van der Waals surface area contributed by atoms with E-state index in [1.807, 2.05) is 0 Å². The van der Waals surface area contributed by atoms with E-state index in [1.165, 1.54) is 24.9 Å². The number of amides is 1. The molecule has 1 amide bonds. The van der Waals surface area contributed by atoms with Gasteiger partial charge in [-0.1, -0.05) is 13.2 Å². The van der Waals surface area contributed by atoms with E-state index in [-0.39, 0.29) is 11.5 Å². The summed E-state index contributed by atoms with van der Waals surface area (Å²) in [6.07, 6.45) is 1.47. The van der Waals surface area contributed by atoms with Gasteiger partial charge in [0.1, 0.15) is 0 Å². The number of nitrogens with zero attached hydrogens (tertiary/aromatic N) is 1. The van der Waals surface area contributed by atoms with Crippen molar-refractivity contribution in [3.63, 3.8) is 0 Å². The highest BCUT2D eigenvalue weighted by Crippen LogP contribution is 1.81. The van der Waals surface area contributed by atoms with Crippen molar-refractivity contribution < 1.29 is 14.7 Å². The third-order valence-corrected chi connectivity index (χ3v) is 1.14. The molecule has 0 atom stereocenters. The molecule has 0 unspecified atom stereocenters. The van der Waals surface area contributed by atoms with Crippen LogP contribution in [0.4, 0.5) is 0 Å². The molecule has 0 rings (SSSR count). The fourth-order valence-electron chi connectivity index (χ4n) is 0.129. The second kappa shape index (κ2) is 7.09. The van der Waals surface area contributed by atoms with Crippen LogP contribution in [0.15, 0.2) is 24.9 Å². The number of hydrogen-bond donors (Lipinski definition) is 1. The number of carbonyl (C=O) groups is 2. The number of carbonyl (C=O) groups excluding carboxylic acids is 1. The molecule has 0 spiro atoms. The Balaban J connectivity index is 0. The minimum Gasteiger partial charge on any atom is -0.478 e. The highest BCUT2D eigenvalue weighted by molar-refractivity contribution is 5.84. The summed E-state index contributed by atoms with van der Waals surface area (Å²) in [5.74, 6) is -0.926. The molecule has 0 heterocycles. The molecule has 13 heavy (non-hydrogen) atoms. The average molecular weight is 185 g/mol. The van der Waals surface area contributed by atoms with Gasteiger partial charge in [-0.2, -0.15) is 0 Å². The van der Waals surface area contributed by atoms with E-state index in [1.54, 1.807) is 7.05 Å². The van der Waals surface area contributed by atoms with Crippen LogP contribution in [0.3, 0.4) is 0 Å². The Hall–Kier alpha value is -1.58. The molecule has 0 fully saturated rings. The average Bonchev–Trinajstić information content (AvgIpc) is 2.03. The maximum Gasteiger partial charge on any atom is 0.330 e. The van der Waals surface area contributed by atoms with E-state index in [2.05, 4.69) is 13.2 Å². The summed E-state index contributed by atoms with van der Waals surface area (Å²) in [5.41, 5.74) is 0.176. The molecule has 4 nitrogen and oxygen atoms in total. The van der Waals surface area contributed by atoms with Gasteiger partial charge in [-0.15, -0.1) is 0 Å². The summed E-state index contributed by atoms with van der Waals surface area (Å²) in [6, 6.07) is 0. The lowest BCUT2D eigenvalue weighted by Crippen LogP contribution is -2.15. The summed E-state index contributed by atoms with van der Waals surface area (Å²) in [7, 11) is 1.66. The van der Waals surface area contributed by atoms with Crippen LogP contribution in [0, 0.1) is 0 Å². The van der Waals surface area contributed by atoms with Crippen molar-refractivity contribution in [2.75, 3.05) is 7.05 Å². The lowest BCUT2D eigenvalue weighted by Gasteiger charge is -2.04. The fourth-order valence-corrected chi connectivity index (χ4v) is 0.129. The summed E-state index contributed by atoms with van der Waals surface area (Å²) in [6.45, 7) is 9.48. The largest absolute Gasteiger partial charge is 0.478 e. The van der Waals surface area contributed by atoms with Gasteiger partial charge >= 0.3 is 5.97 Å². The number of hydrogen-bond acceptors (Lipinski definition) is 2. The highest BCUT2D eigenvalue weighted by atomic mass is 16.4. The number of aliphatic carboxylic acids is 1. The van der Waals surface area contributed by atoms with E-state index < -0.39 is 5.97 Å². The van der Waals surface area contributed by atoms with E-state index in [4.69, 9.17) is 5.11 Å². The maximum absolute atomic E-state index is 10.2. The predicted octanol–water partition coefficient (Wildman–Crippen LogP) is 1.26. The van der Waals surface area contributed by atoms with Crippen LogP contribution < -0.4 is 0 Å². The normalized spacial score (nSPS) is 7.62. The molecule has 0 aliphatic heterocycles. The van der Waals surface area contributed by atoms with Crippen molar-refractivity contribution in [2.45, 2.75) is 13.8 Å². The van der Waals surface area contributed by atoms with Gasteiger partial charge in [-0.25, -0.2) is 4.79 Å². The van der Waals surface area contributed by atoms with Crippen LogP contribution in [0.1, 0.15) is 13.8 Å². The van der Waals surface area contributed by atoms with Crippen molar-refractivity contribution >= 4 is 11.9 Å². The van der Waals surface area contributed by atoms with Gasteiger partial charge < -0.3 is 10.0 Å². The Kier molecular flexibility index (Phi) is 7.62. The molecule has 0 bridgehead atoms. The molecule has 0 saturated carbocycles. The Labute approximate surface area is 78.2 Å². The second-order valence-corrected chi connectivity index (χ2v) is 2.40. The van der Waals surface area contributed by atoms with E-state index in [0.717, 1.165) is 0 Å². The summed E-state index contributed by atoms with van der Waals surface area (Å²) in [5, 5.41) is 7.89. The van der Waals surface area contributed by atoms with E-state index >= 15 is 0 Å². The Morgan fingerprint density at radius 3 is 1.69 bits per heavy atom. The maximum atomic E-state index is 10.2. The van der Waals surface area contributed by atoms with Crippen LogP contribution in [-0.4, -0.2) is 28.9 Å². The first-order valence-corrected chi connectivity index (χ1v) is 3.57. The minimum atomic E-state index is -0.935. The second-order valence-electron chi connectivity index (χ2n) is 2.40. The monoisotopic (exact) mass is 185 g/mol. The van der Waals surface area contributed by atoms with Gasteiger partial charge in [0.05, 0.1) is 0 Å². The number of carboxylic acids is 1. The molecule has 0 aromatic carbocycles. The van der Waals surface area contributed by atoms with Gasteiger partial charge in [0.15, 0.2) is 0 Å². The SMILES string of the molecule is C=C(C)C(=O)O.C=CN(C)C(C)=O. The van der Waals surface area contributed by atoms with Crippen molar-refractivity contribution in [2.24, 2.45) is 0 Å². The summed E-state index contributed by atoms with van der Waals surface area (Å²) < 4.78 is 0. The molecule has 1 N–H and O–H groups in total. The zero-order chi connectivity index (χ0) is 11.0. The van der Waals surface area contributed by atoms with Gasteiger partial charge in [0.2, 0.25) is 5.91 Å². The Morgan fingerprint density at radius 2 is 1.69 bits per heavy atom. The van der Waals surface area contributed by atoms with E-state index in [9.17, 15) is 9.59 Å². The smallest absolute Gasteiger partial charge is 0.330 e. The number of rotatable bonds is 2. The van der Waals surface area contributed by atoms with Crippen LogP contribution in [-0.2, 0) is 9.59 Å². The molecule has 0 aromatic rings. The third-order valence-electron chi connectivity index (χ3n) is 1.14. The zero-order valence-corrected chi connectivity index (χ0v) is 8.20. The lowest BCUT2D eigenvalue weighted by molar-refractivity contribution is -0.132. The summed E-state index contributed by atoms with van der Waals surface area (Å²) in [4.78, 5) is 21.2. The molecule has 0 radical (unpaired) electrons. The fraction of sp³-hybridized carbons (Fsp3) is 0.333. The Bertz CT molecular complexity index is 209. The molecule has 74 valence electrons. The molecule has 0 aliphatic carbocycles. The number of carboxylic acid groups (broad SMARTS) is 1. The molecule has 0 saturated heterocycles. The van der Waals surface area contributed by atoms with Crippen molar-refractivity contribution in [3.8, 4) is 0 Å². The van der Waals surface area contributed by atoms with Gasteiger partial charge in [-0.3, -0.25) is 4.79 Å². The highest BCUT2D eigenvalue weighted by Gasteiger charge is 1.91. The lowest BCUT2D eigenvalue weighted by atomic mass is 10.4. The minimum absolute atomic E-state index is 0.00926.